The molecule has 4 aromatic rings. The third kappa shape index (κ3) is 4.24. The number of hydrogen-bond donors (Lipinski definition) is 1. The van der Waals surface area contributed by atoms with Crippen molar-refractivity contribution < 1.29 is 23.4 Å². The Morgan fingerprint density at radius 2 is 1.84 bits per heavy atom. The van der Waals surface area contributed by atoms with Gasteiger partial charge in [0, 0.05) is 47.1 Å². The number of fused-ring (bicyclic) bond motifs is 1. The van der Waals surface area contributed by atoms with Gasteiger partial charge in [0.15, 0.2) is 16.5 Å². The minimum Gasteiger partial charge on any atom is -0.493 e. The zero-order valence-electron chi connectivity index (χ0n) is 17.8. The largest absolute Gasteiger partial charge is 0.493 e. The number of ether oxygens (including phenoxy) is 3. The Labute approximate surface area is 188 Å². The highest BCUT2D eigenvalue weighted by Crippen LogP contribution is 2.40. The summed E-state index contributed by atoms with van der Waals surface area (Å²) in [5, 5.41) is 4.82. The van der Waals surface area contributed by atoms with E-state index in [0.717, 1.165) is 10.7 Å². The summed E-state index contributed by atoms with van der Waals surface area (Å²) in [5.41, 5.74) is 2.50. The first-order chi connectivity index (χ1) is 15.5. The molecule has 2 aromatic heterocycles. The number of thiazole rings is 1. The fraction of sp³-hybridized carbons (Fsp3) is 0.217. The lowest BCUT2D eigenvalue weighted by molar-refractivity contribution is -0.116. The topological polar surface area (TPSA) is 74.1 Å². The van der Waals surface area contributed by atoms with Gasteiger partial charge in [-0.15, -0.1) is 11.3 Å². The van der Waals surface area contributed by atoms with Crippen molar-refractivity contribution in [3.05, 3.63) is 59.5 Å². The summed E-state index contributed by atoms with van der Waals surface area (Å²) in [6.45, 7) is 0. The molecule has 0 aliphatic carbocycles. The number of aromatic nitrogens is 2. The van der Waals surface area contributed by atoms with E-state index in [1.807, 2.05) is 9.78 Å². The molecule has 32 heavy (non-hydrogen) atoms. The monoisotopic (exact) mass is 455 g/mol. The fourth-order valence-corrected chi connectivity index (χ4v) is 4.33. The lowest BCUT2D eigenvalue weighted by Crippen LogP contribution is -2.13. The van der Waals surface area contributed by atoms with E-state index in [0.29, 0.717) is 40.6 Å². The number of nitrogens with zero attached hydrogens (tertiary/aromatic N) is 2. The number of methoxy groups -OCH3 is 3. The molecule has 1 N–H and O–H groups in total. The molecular formula is C23H22FN3O4S. The van der Waals surface area contributed by atoms with E-state index in [1.54, 1.807) is 36.5 Å². The third-order valence-corrected chi connectivity index (χ3v) is 5.88. The normalized spacial score (nSPS) is 10.9. The number of nitrogens with one attached hydrogen (secondary N) is 1. The lowest BCUT2D eigenvalue weighted by atomic mass is 10.1. The van der Waals surface area contributed by atoms with E-state index < -0.39 is 0 Å². The molecule has 0 unspecified atom stereocenters. The highest BCUT2D eigenvalue weighted by molar-refractivity contribution is 7.15. The zero-order chi connectivity index (χ0) is 22.7. The number of imidazole rings is 1. The molecule has 0 bridgehead atoms. The van der Waals surface area contributed by atoms with Crippen LogP contribution in [0.3, 0.4) is 0 Å². The van der Waals surface area contributed by atoms with Crippen LogP contribution in [0.4, 0.5) is 10.1 Å². The Hall–Kier alpha value is -3.59. The van der Waals surface area contributed by atoms with Gasteiger partial charge in [0.1, 0.15) is 5.82 Å². The molecule has 0 aliphatic heterocycles. The van der Waals surface area contributed by atoms with E-state index in [4.69, 9.17) is 14.2 Å². The molecule has 0 atom stereocenters. The van der Waals surface area contributed by atoms with Crippen molar-refractivity contribution in [1.29, 1.82) is 0 Å². The summed E-state index contributed by atoms with van der Waals surface area (Å²) in [5.74, 6) is 0.901. The first kappa shape index (κ1) is 21.6. The van der Waals surface area contributed by atoms with Crippen LogP contribution < -0.4 is 19.5 Å². The van der Waals surface area contributed by atoms with Crippen molar-refractivity contribution in [1.82, 2.24) is 9.38 Å². The molecule has 2 aromatic carbocycles. The molecule has 0 spiro atoms. The van der Waals surface area contributed by atoms with Crippen molar-refractivity contribution in [2.45, 2.75) is 12.8 Å². The van der Waals surface area contributed by atoms with E-state index in [-0.39, 0.29) is 18.1 Å². The molecule has 0 aliphatic rings. The number of amides is 1. The standard InChI is InChI=1S/C23H22FN3O4S/c1-29-19-10-14(11-20(30-2)22(19)31-3)25-21(28)9-8-15-13-32-23-26-18(12-27(15)23)16-6-4-5-7-17(16)24/h4-7,10-13H,8-9H2,1-3H3,(H,25,28). The first-order valence-corrected chi connectivity index (χ1v) is 10.7. The Morgan fingerprint density at radius 3 is 2.50 bits per heavy atom. The molecule has 166 valence electrons. The molecule has 0 saturated carbocycles. The Morgan fingerprint density at radius 1 is 1.12 bits per heavy atom. The minimum atomic E-state index is -0.315. The lowest BCUT2D eigenvalue weighted by Gasteiger charge is -2.14. The quantitative estimate of drug-likeness (QED) is 0.413. The summed E-state index contributed by atoms with van der Waals surface area (Å²) in [6.07, 6.45) is 2.57. The maximum absolute atomic E-state index is 14.1. The summed E-state index contributed by atoms with van der Waals surface area (Å²) in [4.78, 5) is 17.8. The SMILES string of the molecule is COc1cc(NC(=O)CCc2csc3nc(-c4ccccc4F)cn23)cc(OC)c1OC. The number of aryl methyl sites for hydroxylation is 1. The minimum absolute atomic E-state index is 0.159. The summed E-state index contributed by atoms with van der Waals surface area (Å²) < 4.78 is 32.0. The van der Waals surface area contributed by atoms with Crippen molar-refractivity contribution >= 4 is 27.9 Å². The smallest absolute Gasteiger partial charge is 0.224 e. The number of carbonyl (C=O) groups excluding carboxylic acids is 1. The van der Waals surface area contributed by atoms with Gasteiger partial charge in [0.2, 0.25) is 11.7 Å². The molecule has 4 rings (SSSR count). The van der Waals surface area contributed by atoms with Crippen molar-refractivity contribution in [2.24, 2.45) is 0 Å². The predicted molar refractivity (Wildman–Crippen MR) is 122 cm³/mol. The number of anilines is 1. The van der Waals surface area contributed by atoms with Gasteiger partial charge in [-0.05, 0) is 18.6 Å². The zero-order valence-corrected chi connectivity index (χ0v) is 18.7. The van der Waals surface area contributed by atoms with Gasteiger partial charge in [0.25, 0.3) is 0 Å². The maximum atomic E-state index is 14.1. The second kappa shape index (κ2) is 9.27. The van der Waals surface area contributed by atoms with Gasteiger partial charge in [-0.1, -0.05) is 12.1 Å². The third-order valence-electron chi connectivity index (χ3n) is 4.99. The van der Waals surface area contributed by atoms with Crippen molar-refractivity contribution in [3.8, 4) is 28.5 Å². The first-order valence-electron chi connectivity index (χ1n) is 9.84. The predicted octanol–water partition coefficient (Wildman–Crippen LogP) is 4.80. The van der Waals surface area contributed by atoms with Crippen molar-refractivity contribution in [2.75, 3.05) is 26.6 Å². The number of benzene rings is 2. The molecule has 0 fully saturated rings. The van der Waals surface area contributed by atoms with Crippen LogP contribution in [0.15, 0.2) is 48.0 Å². The van der Waals surface area contributed by atoms with Crippen LogP contribution >= 0.6 is 11.3 Å². The van der Waals surface area contributed by atoms with E-state index >= 15 is 0 Å². The van der Waals surface area contributed by atoms with E-state index in [9.17, 15) is 9.18 Å². The number of hydrogen-bond acceptors (Lipinski definition) is 6. The highest BCUT2D eigenvalue weighted by Gasteiger charge is 2.16. The average molecular weight is 456 g/mol. The molecule has 2 heterocycles. The number of rotatable bonds is 8. The van der Waals surface area contributed by atoms with Gasteiger partial charge in [-0.2, -0.15) is 0 Å². The van der Waals surface area contributed by atoms with Crippen LogP contribution in [-0.4, -0.2) is 36.6 Å². The van der Waals surface area contributed by atoms with Crippen LogP contribution in [0.5, 0.6) is 17.2 Å². The van der Waals surface area contributed by atoms with Gasteiger partial charge < -0.3 is 19.5 Å². The Balaban J connectivity index is 1.47. The molecule has 7 nitrogen and oxygen atoms in total. The van der Waals surface area contributed by atoms with Crippen LogP contribution in [0.2, 0.25) is 0 Å². The van der Waals surface area contributed by atoms with Crippen LogP contribution in [0, 0.1) is 5.82 Å². The maximum Gasteiger partial charge on any atom is 0.224 e. The second-order valence-electron chi connectivity index (χ2n) is 6.95. The fourth-order valence-electron chi connectivity index (χ4n) is 3.43. The molecule has 0 radical (unpaired) electrons. The van der Waals surface area contributed by atoms with E-state index in [1.165, 1.54) is 38.7 Å². The molecular weight excluding hydrogens is 433 g/mol. The van der Waals surface area contributed by atoms with Gasteiger partial charge in [0.05, 0.1) is 27.0 Å². The number of halogens is 1. The second-order valence-corrected chi connectivity index (χ2v) is 7.78. The summed E-state index contributed by atoms with van der Waals surface area (Å²) in [6, 6.07) is 9.90. The molecule has 9 heteroatoms. The van der Waals surface area contributed by atoms with Crippen molar-refractivity contribution in [3.63, 3.8) is 0 Å². The number of carbonyl (C=O) groups is 1. The summed E-state index contributed by atoms with van der Waals surface area (Å²) in [7, 11) is 4.56. The summed E-state index contributed by atoms with van der Waals surface area (Å²) >= 11 is 1.46. The van der Waals surface area contributed by atoms with Gasteiger partial charge >= 0.3 is 0 Å². The highest BCUT2D eigenvalue weighted by atomic mass is 32.1. The molecule has 0 saturated heterocycles. The molecule has 1 amide bonds. The van der Waals surface area contributed by atoms with Crippen LogP contribution in [0.25, 0.3) is 16.2 Å². The Bertz CT molecular complexity index is 1240. The van der Waals surface area contributed by atoms with E-state index in [2.05, 4.69) is 10.3 Å². The average Bonchev–Trinajstić information content (AvgIpc) is 3.38. The van der Waals surface area contributed by atoms with Gasteiger partial charge in [-0.25, -0.2) is 9.37 Å². The van der Waals surface area contributed by atoms with Crippen LogP contribution in [-0.2, 0) is 11.2 Å². The Kier molecular flexibility index (Phi) is 6.27. The van der Waals surface area contributed by atoms with Gasteiger partial charge in [-0.3, -0.25) is 9.20 Å². The van der Waals surface area contributed by atoms with Crippen LogP contribution in [0.1, 0.15) is 12.1 Å².